The summed E-state index contributed by atoms with van der Waals surface area (Å²) in [5.74, 6) is -0.337. The Labute approximate surface area is 144 Å². The van der Waals surface area contributed by atoms with E-state index in [1.54, 1.807) is 0 Å². The molecule has 0 aliphatic rings. The summed E-state index contributed by atoms with van der Waals surface area (Å²) in [6.07, 6.45) is 0. The summed E-state index contributed by atoms with van der Waals surface area (Å²) in [5, 5.41) is 4.94. The van der Waals surface area contributed by atoms with Gasteiger partial charge in [0.25, 0.3) is 10.0 Å². The minimum Gasteiger partial charge on any atom is -0.280 e. The zero-order chi connectivity index (χ0) is 17.3. The smallest absolute Gasteiger partial charge is 0.264 e. The SMILES string of the molecule is NS(=O)(=O)Cc1ccc(NS(=O)(=O)c2c(Cl)cccc2Cl)cc1. The highest BCUT2D eigenvalue weighted by Gasteiger charge is 2.21. The lowest BCUT2D eigenvalue weighted by molar-refractivity contribution is 0.596. The van der Waals surface area contributed by atoms with Gasteiger partial charge < -0.3 is 0 Å². The van der Waals surface area contributed by atoms with Crippen LogP contribution in [0.3, 0.4) is 0 Å². The molecule has 0 spiro atoms. The van der Waals surface area contributed by atoms with Crippen LogP contribution < -0.4 is 9.86 Å². The molecule has 6 nitrogen and oxygen atoms in total. The standard InChI is InChI=1S/C13H12Cl2N2O4S2/c14-11-2-1-3-12(15)13(11)23(20,21)17-10-6-4-9(5-7-10)8-22(16,18)19/h1-7,17H,8H2,(H2,16,18,19). The van der Waals surface area contributed by atoms with E-state index in [1.165, 1.54) is 42.5 Å². The van der Waals surface area contributed by atoms with Crippen molar-refractivity contribution in [3.8, 4) is 0 Å². The normalized spacial score (nSPS) is 12.1. The number of sulfonamides is 2. The summed E-state index contributed by atoms with van der Waals surface area (Å²) in [6, 6.07) is 10.1. The van der Waals surface area contributed by atoms with Crippen LogP contribution in [0.5, 0.6) is 0 Å². The summed E-state index contributed by atoms with van der Waals surface area (Å²) < 4.78 is 49.1. The zero-order valence-corrected chi connectivity index (χ0v) is 14.7. The van der Waals surface area contributed by atoms with E-state index in [4.69, 9.17) is 28.3 Å². The van der Waals surface area contributed by atoms with Crippen molar-refractivity contribution < 1.29 is 16.8 Å². The van der Waals surface area contributed by atoms with E-state index < -0.39 is 20.0 Å². The summed E-state index contributed by atoms with van der Waals surface area (Å²) >= 11 is 11.8. The lowest BCUT2D eigenvalue weighted by Crippen LogP contribution is -2.15. The third kappa shape index (κ3) is 4.82. The molecule has 0 aliphatic carbocycles. The third-order valence-electron chi connectivity index (χ3n) is 2.76. The topological polar surface area (TPSA) is 106 Å². The number of nitrogens with one attached hydrogen (secondary N) is 1. The molecule has 2 rings (SSSR count). The van der Waals surface area contributed by atoms with Crippen LogP contribution in [0.1, 0.15) is 5.56 Å². The lowest BCUT2D eigenvalue weighted by Gasteiger charge is -2.11. The van der Waals surface area contributed by atoms with Gasteiger partial charge in [0, 0.05) is 5.69 Å². The Balaban J connectivity index is 2.28. The van der Waals surface area contributed by atoms with E-state index in [9.17, 15) is 16.8 Å². The predicted molar refractivity (Wildman–Crippen MR) is 90.5 cm³/mol. The number of anilines is 1. The maximum Gasteiger partial charge on any atom is 0.264 e. The first-order valence-electron chi connectivity index (χ1n) is 6.15. The third-order valence-corrected chi connectivity index (χ3v) is 5.83. The van der Waals surface area contributed by atoms with Crippen molar-refractivity contribution in [2.75, 3.05) is 4.72 Å². The van der Waals surface area contributed by atoms with E-state index in [0.29, 0.717) is 5.56 Å². The Morgan fingerprint density at radius 2 is 1.43 bits per heavy atom. The number of rotatable bonds is 5. The van der Waals surface area contributed by atoms with E-state index in [-0.39, 0.29) is 26.4 Å². The van der Waals surface area contributed by atoms with Crippen LogP contribution in [0.4, 0.5) is 5.69 Å². The van der Waals surface area contributed by atoms with Crippen molar-refractivity contribution in [1.29, 1.82) is 0 Å². The summed E-state index contributed by atoms with van der Waals surface area (Å²) in [4.78, 5) is -0.225. The van der Waals surface area contributed by atoms with Gasteiger partial charge in [-0.1, -0.05) is 41.4 Å². The molecule has 23 heavy (non-hydrogen) atoms. The summed E-state index contributed by atoms with van der Waals surface area (Å²) in [6.45, 7) is 0. The predicted octanol–water partition coefficient (Wildman–Crippen LogP) is 2.58. The molecule has 3 N–H and O–H groups in total. The van der Waals surface area contributed by atoms with Gasteiger partial charge in [0.1, 0.15) is 4.90 Å². The number of halogens is 2. The Morgan fingerprint density at radius 3 is 1.91 bits per heavy atom. The fourth-order valence-electron chi connectivity index (χ4n) is 1.85. The maximum atomic E-state index is 12.4. The summed E-state index contributed by atoms with van der Waals surface area (Å²) in [5.41, 5.74) is 0.672. The molecule has 0 amide bonds. The molecule has 0 aliphatic heterocycles. The van der Waals surface area contributed by atoms with E-state index in [2.05, 4.69) is 4.72 Å². The number of nitrogens with two attached hydrogens (primary N) is 1. The first-order chi connectivity index (χ1) is 10.6. The number of primary sulfonamides is 1. The molecule has 2 aromatic rings. The van der Waals surface area contributed by atoms with Gasteiger partial charge in [0.05, 0.1) is 15.8 Å². The van der Waals surface area contributed by atoms with Crippen molar-refractivity contribution in [3.63, 3.8) is 0 Å². The highest BCUT2D eigenvalue weighted by Crippen LogP contribution is 2.30. The average molecular weight is 395 g/mol. The highest BCUT2D eigenvalue weighted by atomic mass is 35.5. The fraction of sp³-hybridized carbons (Fsp3) is 0.0769. The lowest BCUT2D eigenvalue weighted by atomic mass is 10.2. The Morgan fingerprint density at radius 1 is 0.913 bits per heavy atom. The van der Waals surface area contributed by atoms with Crippen LogP contribution in [0.15, 0.2) is 47.4 Å². The largest absolute Gasteiger partial charge is 0.280 e. The monoisotopic (exact) mass is 394 g/mol. The number of benzene rings is 2. The molecule has 0 fully saturated rings. The quantitative estimate of drug-likeness (QED) is 0.812. The molecule has 0 saturated carbocycles. The Kier molecular flexibility index (Phi) is 5.22. The second-order valence-corrected chi connectivity index (χ2v) is 8.71. The molecule has 0 aromatic heterocycles. The van der Waals surface area contributed by atoms with Crippen molar-refractivity contribution in [1.82, 2.24) is 0 Å². The van der Waals surface area contributed by atoms with Crippen molar-refractivity contribution in [2.45, 2.75) is 10.6 Å². The second-order valence-electron chi connectivity index (χ2n) is 4.66. The molecule has 0 bridgehead atoms. The molecule has 10 heteroatoms. The van der Waals surface area contributed by atoms with Crippen LogP contribution in [-0.4, -0.2) is 16.8 Å². The minimum atomic E-state index is -3.98. The molecule has 2 aromatic carbocycles. The maximum absolute atomic E-state index is 12.4. The van der Waals surface area contributed by atoms with Crippen molar-refractivity contribution in [2.24, 2.45) is 5.14 Å². The summed E-state index contributed by atoms with van der Waals surface area (Å²) in [7, 11) is -7.63. The van der Waals surface area contributed by atoms with Gasteiger partial charge >= 0.3 is 0 Å². The van der Waals surface area contributed by atoms with Gasteiger partial charge in [0.2, 0.25) is 10.0 Å². The van der Waals surface area contributed by atoms with E-state index in [0.717, 1.165) is 0 Å². The molecular formula is C13H12Cl2N2O4S2. The van der Waals surface area contributed by atoms with Crippen LogP contribution in [-0.2, 0) is 25.8 Å². The molecule has 0 atom stereocenters. The molecule has 124 valence electrons. The van der Waals surface area contributed by atoms with Crippen molar-refractivity contribution in [3.05, 3.63) is 58.1 Å². The molecule has 0 radical (unpaired) electrons. The van der Waals surface area contributed by atoms with E-state index in [1.807, 2.05) is 0 Å². The average Bonchev–Trinajstić information content (AvgIpc) is 2.38. The van der Waals surface area contributed by atoms with E-state index >= 15 is 0 Å². The first kappa shape index (κ1) is 18.0. The molecule has 0 saturated heterocycles. The Hall–Kier alpha value is -1.32. The van der Waals surface area contributed by atoms with Gasteiger partial charge in [0.15, 0.2) is 0 Å². The molecular weight excluding hydrogens is 383 g/mol. The van der Waals surface area contributed by atoms with Gasteiger partial charge in [-0.15, -0.1) is 0 Å². The molecule has 0 unspecified atom stereocenters. The number of hydrogen-bond donors (Lipinski definition) is 2. The van der Waals surface area contributed by atoms with Gasteiger partial charge in [-0.05, 0) is 29.8 Å². The zero-order valence-electron chi connectivity index (χ0n) is 11.5. The van der Waals surface area contributed by atoms with Crippen LogP contribution in [0.25, 0.3) is 0 Å². The molecule has 0 heterocycles. The van der Waals surface area contributed by atoms with Crippen molar-refractivity contribution >= 4 is 48.9 Å². The number of hydrogen-bond acceptors (Lipinski definition) is 4. The van der Waals surface area contributed by atoms with Gasteiger partial charge in [-0.25, -0.2) is 22.0 Å². The second kappa shape index (κ2) is 6.66. The Bertz CT molecular complexity index is 907. The minimum absolute atomic E-state index is 0.00385. The van der Waals surface area contributed by atoms with Crippen LogP contribution in [0, 0.1) is 0 Å². The fourth-order valence-corrected chi connectivity index (χ4v) is 4.71. The van der Waals surface area contributed by atoms with Crippen LogP contribution >= 0.6 is 23.2 Å². The van der Waals surface area contributed by atoms with Gasteiger partial charge in [-0.2, -0.15) is 0 Å². The highest BCUT2D eigenvalue weighted by molar-refractivity contribution is 7.93. The van der Waals surface area contributed by atoms with Crippen LogP contribution in [0.2, 0.25) is 10.0 Å². The first-order valence-corrected chi connectivity index (χ1v) is 10.1. The van der Waals surface area contributed by atoms with Gasteiger partial charge in [-0.3, -0.25) is 4.72 Å².